The molecule has 5 nitrogen and oxygen atoms in total. The Labute approximate surface area is 211 Å². The number of hydrogen-bond donors (Lipinski definition) is 0. The highest BCUT2D eigenvalue weighted by Gasteiger charge is 2.62. The van der Waals surface area contributed by atoms with Crippen LogP contribution in [0.2, 0.25) is 0 Å². The van der Waals surface area contributed by atoms with Gasteiger partial charge < -0.3 is 14.0 Å². The molecule has 3 aromatic rings. The molecule has 0 N–H and O–H groups in total. The second-order valence-electron chi connectivity index (χ2n) is 10.7. The zero-order chi connectivity index (χ0) is 26.9. The van der Waals surface area contributed by atoms with Crippen molar-refractivity contribution in [3.8, 4) is 11.4 Å². The van der Waals surface area contributed by atoms with Crippen LogP contribution in [0.15, 0.2) is 35.3 Å². The fourth-order valence-corrected chi connectivity index (χ4v) is 6.15. The number of nitrogens with zero attached hydrogens (tertiary/aromatic N) is 1. The first kappa shape index (κ1) is 25.3. The summed E-state index contributed by atoms with van der Waals surface area (Å²) in [6.07, 6.45) is 3.66. The first-order chi connectivity index (χ1) is 17.4. The zero-order valence-corrected chi connectivity index (χ0v) is 21.0. The predicted octanol–water partition coefficient (Wildman–Crippen LogP) is 6.32. The number of rotatable bonds is 5. The topological polar surface area (TPSA) is 57.5 Å². The number of halogens is 4. The van der Waals surface area contributed by atoms with Crippen LogP contribution in [0.1, 0.15) is 57.3 Å². The minimum Gasteiger partial charge on any atom is -0.487 e. The highest BCUT2D eigenvalue weighted by Crippen LogP contribution is 2.66. The highest BCUT2D eigenvalue weighted by molar-refractivity contribution is 5.94. The van der Waals surface area contributed by atoms with Gasteiger partial charge in [-0.25, -0.2) is 22.4 Å². The molecular weight excluding hydrogens is 490 g/mol. The lowest BCUT2D eigenvalue weighted by atomic mass is 9.70. The quantitative estimate of drug-likeness (QED) is 0.226. The molecule has 2 fully saturated rings. The summed E-state index contributed by atoms with van der Waals surface area (Å²) in [4.78, 5) is 25.2. The molecule has 0 spiro atoms. The molecule has 0 amide bonds. The van der Waals surface area contributed by atoms with E-state index in [1.807, 2.05) is 0 Å². The van der Waals surface area contributed by atoms with Gasteiger partial charge in [0, 0.05) is 23.4 Å². The number of ether oxygens (including phenoxy) is 2. The van der Waals surface area contributed by atoms with Crippen molar-refractivity contribution in [3.05, 3.63) is 69.5 Å². The SMILES string of the molecule is CCOC(=O)c1cn(-c2ccc(O[C@H]3C[C@H]4CC[C@@]3(C)C4(C)C)c(F)c2)c2c(F)c(F)c(F)cc2c1=O. The van der Waals surface area contributed by atoms with E-state index in [0.717, 1.165) is 36.1 Å². The summed E-state index contributed by atoms with van der Waals surface area (Å²) in [5, 5.41) is -0.583. The third-order valence-corrected chi connectivity index (χ3v) is 8.80. The molecule has 5 rings (SSSR count). The number of pyridine rings is 1. The van der Waals surface area contributed by atoms with Gasteiger partial charge in [0.15, 0.2) is 29.0 Å². The molecule has 2 aliphatic carbocycles. The molecule has 3 atom stereocenters. The number of aromatic nitrogens is 1. The Balaban J connectivity index is 1.61. The van der Waals surface area contributed by atoms with E-state index in [2.05, 4.69) is 20.8 Å². The van der Waals surface area contributed by atoms with E-state index >= 15 is 4.39 Å². The molecular formula is C28H27F4NO4. The molecule has 2 saturated carbocycles. The van der Waals surface area contributed by atoms with Crippen molar-refractivity contribution in [1.82, 2.24) is 4.57 Å². The molecule has 0 unspecified atom stereocenters. The number of carbonyl (C=O) groups excluding carboxylic acids is 1. The Morgan fingerprint density at radius 2 is 1.81 bits per heavy atom. The highest BCUT2D eigenvalue weighted by atomic mass is 19.2. The van der Waals surface area contributed by atoms with Crippen molar-refractivity contribution >= 4 is 16.9 Å². The maximum Gasteiger partial charge on any atom is 0.343 e. The molecule has 1 heterocycles. The fraction of sp³-hybridized carbons (Fsp3) is 0.429. The van der Waals surface area contributed by atoms with Crippen LogP contribution in [0.5, 0.6) is 5.75 Å². The summed E-state index contributed by atoms with van der Waals surface area (Å²) in [7, 11) is 0. The van der Waals surface area contributed by atoms with Crippen LogP contribution in [0, 0.1) is 40.0 Å². The van der Waals surface area contributed by atoms with Crippen LogP contribution in [0.25, 0.3) is 16.6 Å². The van der Waals surface area contributed by atoms with Gasteiger partial charge in [0.1, 0.15) is 11.7 Å². The lowest BCUT2D eigenvalue weighted by Gasteiger charge is -2.38. The number of fused-ring (bicyclic) bond motifs is 3. The molecule has 9 heteroatoms. The standard InChI is InChI=1S/C28H27F4NO4/c1-5-36-26(35)17-13-33(24-16(25(17)34)12-19(30)22(31)23(24)32)15-6-7-20(18(29)11-15)37-21-10-14-8-9-28(21,4)27(14,2)3/h6-7,11-14,21H,5,8-10H2,1-4H3/t14-,21+,28-/m1/s1. The van der Waals surface area contributed by atoms with Crippen molar-refractivity contribution in [2.45, 2.75) is 53.1 Å². The van der Waals surface area contributed by atoms with Crippen molar-refractivity contribution in [3.63, 3.8) is 0 Å². The van der Waals surface area contributed by atoms with Gasteiger partial charge in [0.05, 0.1) is 17.5 Å². The van der Waals surface area contributed by atoms with Gasteiger partial charge in [-0.3, -0.25) is 4.79 Å². The Bertz CT molecular complexity index is 1500. The molecule has 196 valence electrons. The Morgan fingerprint density at radius 3 is 2.41 bits per heavy atom. The summed E-state index contributed by atoms with van der Waals surface area (Å²) in [6, 6.07) is 4.33. The lowest BCUT2D eigenvalue weighted by Crippen LogP contribution is -2.39. The van der Waals surface area contributed by atoms with Crippen LogP contribution < -0.4 is 10.2 Å². The Kier molecular flexibility index (Phi) is 5.88. The second-order valence-corrected chi connectivity index (χ2v) is 10.7. The number of benzene rings is 2. The number of carbonyl (C=O) groups is 1. The van der Waals surface area contributed by atoms with Gasteiger partial charge in [-0.15, -0.1) is 0 Å². The summed E-state index contributed by atoms with van der Waals surface area (Å²) in [5.41, 5.74) is -2.27. The van der Waals surface area contributed by atoms with Crippen molar-refractivity contribution in [2.75, 3.05) is 6.61 Å². The average Bonchev–Trinajstić information content (AvgIpc) is 3.18. The van der Waals surface area contributed by atoms with Gasteiger partial charge in [0.2, 0.25) is 5.43 Å². The lowest BCUT2D eigenvalue weighted by molar-refractivity contribution is 0.0278. The fourth-order valence-electron chi connectivity index (χ4n) is 6.15. The summed E-state index contributed by atoms with van der Waals surface area (Å²) in [6.45, 7) is 8.06. The summed E-state index contributed by atoms with van der Waals surface area (Å²) in [5.74, 6) is -6.32. The van der Waals surface area contributed by atoms with Crippen LogP contribution in [0.4, 0.5) is 17.6 Å². The van der Waals surface area contributed by atoms with E-state index in [1.54, 1.807) is 0 Å². The first-order valence-electron chi connectivity index (χ1n) is 12.3. The smallest absolute Gasteiger partial charge is 0.343 e. The maximum atomic E-state index is 15.3. The van der Waals surface area contributed by atoms with Crippen molar-refractivity contribution in [1.29, 1.82) is 0 Å². The van der Waals surface area contributed by atoms with Crippen LogP contribution in [-0.2, 0) is 4.74 Å². The van der Waals surface area contributed by atoms with E-state index in [9.17, 15) is 22.8 Å². The molecule has 37 heavy (non-hydrogen) atoms. The molecule has 1 aromatic heterocycles. The van der Waals surface area contributed by atoms with Crippen molar-refractivity contribution < 1.29 is 31.8 Å². The zero-order valence-electron chi connectivity index (χ0n) is 21.0. The van der Waals surface area contributed by atoms with Gasteiger partial charge in [-0.1, -0.05) is 20.8 Å². The monoisotopic (exact) mass is 517 g/mol. The van der Waals surface area contributed by atoms with E-state index < -0.39 is 51.1 Å². The van der Waals surface area contributed by atoms with E-state index in [-0.39, 0.29) is 35.0 Å². The van der Waals surface area contributed by atoms with Gasteiger partial charge >= 0.3 is 5.97 Å². The maximum absolute atomic E-state index is 15.3. The third-order valence-electron chi connectivity index (χ3n) is 8.80. The third kappa shape index (κ3) is 3.65. The van der Waals surface area contributed by atoms with E-state index in [1.165, 1.54) is 19.1 Å². The predicted molar refractivity (Wildman–Crippen MR) is 129 cm³/mol. The van der Waals surface area contributed by atoms with Gasteiger partial charge in [0.25, 0.3) is 0 Å². The second kappa shape index (κ2) is 8.60. The molecule has 0 saturated heterocycles. The molecule has 0 radical (unpaired) electrons. The molecule has 2 aromatic carbocycles. The summed E-state index contributed by atoms with van der Waals surface area (Å²) >= 11 is 0. The largest absolute Gasteiger partial charge is 0.487 e. The van der Waals surface area contributed by atoms with Crippen LogP contribution in [0.3, 0.4) is 0 Å². The number of hydrogen-bond acceptors (Lipinski definition) is 4. The normalized spacial score (nSPS) is 24.0. The Morgan fingerprint density at radius 1 is 1.08 bits per heavy atom. The molecule has 2 bridgehead atoms. The van der Waals surface area contributed by atoms with Crippen LogP contribution in [-0.4, -0.2) is 23.2 Å². The Hall–Kier alpha value is -3.36. The van der Waals surface area contributed by atoms with E-state index in [0.29, 0.717) is 12.0 Å². The van der Waals surface area contributed by atoms with Gasteiger partial charge in [-0.2, -0.15) is 0 Å². The minimum absolute atomic E-state index is 0.00647. The molecule has 2 aliphatic rings. The van der Waals surface area contributed by atoms with E-state index in [4.69, 9.17) is 9.47 Å². The van der Waals surface area contributed by atoms with Crippen molar-refractivity contribution in [2.24, 2.45) is 16.7 Å². The van der Waals surface area contributed by atoms with Gasteiger partial charge in [-0.05, 0) is 55.7 Å². The molecule has 0 aliphatic heterocycles. The summed E-state index contributed by atoms with van der Waals surface area (Å²) < 4.78 is 70.4. The van der Waals surface area contributed by atoms with Crippen LogP contribution >= 0.6 is 0 Å². The average molecular weight is 518 g/mol. The number of esters is 1. The first-order valence-corrected chi connectivity index (χ1v) is 12.3. The minimum atomic E-state index is -1.79.